The zero-order chi connectivity index (χ0) is 12.3. The molecule has 0 unspecified atom stereocenters. The third-order valence-corrected chi connectivity index (χ3v) is 2.12. The van der Waals surface area contributed by atoms with E-state index in [0.29, 0.717) is 5.69 Å². The number of methoxy groups -OCH3 is 1. The van der Waals surface area contributed by atoms with Gasteiger partial charge in [0, 0.05) is 11.6 Å². The molecule has 0 radical (unpaired) electrons. The number of aromatic nitrogens is 1. The van der Waals surface area contributed by atoms with Crippen LogP contribution in [0.15, 0.2) is 6.07 Å². The average Bonchev–Trinajstić information content (AvgIpc) is 2.19. The number of halogens is 4. The second kappa shape index (κ2) is 4.78. The molecule has 0 fully saturated rings. The van der Waals surface area contributed by atoms with Crippen LogP contribution < -0.4 is 9.47 Å². The van der Waals surface area contributed by atoms with E-state index in [9.17, 15) is 13.2 Å². The summed E-state index contributed by atoms with van der Waals surface area (Å²) >= 11 is 5.55. The summed E-state index contributed by atoms with van der Waals surface area (Å²) in [5.74, 6) is -0.340. The molecule has 0 N–H and O–H groups in total. The molecule has 3 nitrogen and oxygen atoms in total. The molecule has 90 valence electrons. The first-order valence-electron chi connectivity index (χ1n) is 4.23. The molecule has 1 rings (SSSR count). The van der Waals surface area contributed by atoms with Gasteiger partial charge in [-0.25, -0.2) is 4.98 Å². The van der Waals surface area contributed by atoms with Gasteiger partial charge in [-0.3, -0.25) is 0 Å². The molecule has 7 heteroatoms. The van der Waals surface area contributed by atoms with Gasteiger partial charge < -0.3 is 9.47 Å². The van der Waals surface area contributed by atoms with E-state index in [-0.39, 0.29) is 23.1 Å². The second-order valence-corrected chi connectivity index (χ2v) is 3.18. The number of hydrogen-bond acceptors (Lipinski definition) is 3. The first kappa shape index (κ1) is 12.9. The highest BCUT2D eigenvalue weighted by atomic mass is 35.5. The van der Waals surface area contributed by atoms with Gasteiger partial charge in [0.25, 0.3) is 0 Å². The van der Waals surface area contributed by atoms with E-state index in [4.69, 9.17) is 16.3 Å². The summed E-state index contributed by atoms with van der Waals surface area (Å²) in [5, 5.41) is 0. The largest absolute Gasteiger partial charge is 0.573 e. The van der Waals surface area contributed by atoms with Crippen LogP contribution in [0.4, 0.5) is 13.2 Å². The Labute approximate surface area is 95.1 Å². The Hall–Kier alpha value is -1.17. The maximum Gasteiger partial charge on any atom is 0.573 e. The van der Waals surface area contributed by atoms with Gasteiger partial charge in [-0.2, -0.15) is 0 Å². The van der Waals surface area contributed by atoms with Crippen molar-refractivity contribution in [1.82, 2.24) is 4.98 Å². The van der Waals surface area contributed by atoms with Crippen LogP contribution in [0.1, 0.15) is 11.3 Å². The van der Waals surface area contributed by atoms with Crippen molar-refractivity contribution in [2.24, 2.45) is 0 Å². The molecule has 16 heavy (non-hydrogen) atoms. The summed E-state index contributed by atoms with van der Waals surface area (Å²) < 4.78 is 44.8. The molecule has 1 aromatic heterocycles. The van der Waals surface area contributed by atoms with Crippen molar-refractivity contribution in [3.63, 3.8) is 0 Å². The van der Waals surface area contributed by atoms with Gasteiger partial charge in [0.15, 0.2) is 0 Å². The highest BCUT2D eigenvalue weighted by Crippen LogP contribution is 2.30. The minimum absolute atomic E-state index is 0.0166. The minimum atomic E-state index is -4.75. The lowest BCUT2D eigenvalue weighted by atomic mass is 10.2. The lowest BCUT2D eigenvalue weighted by Gasteiger charge is -2.14. The van der Waals surface area contributed by atoms with Crippen molar-refractivity contribution < 1.29 is 22.6 Å². The summed E-state index contributed by atoms with van der Waals surface area (Å²) in [5.41, 5.74) is 0.536. The van der Waals surface area contributed by atoms with E-state index in [2.05, 4.69) is 9.72 Å². The Morgan fingerprint density at radius 2 is 2.06 bits per heavy atom. The molecule has 0 aliphatic rings. The molecule has 0 aliphatic carbocycles. The van der Waals surface area contributed by atoms with Crippen LogP contribution in [0.3, 0.4) is 0 Å². The smallest absolute Gasteiger partial charge is 0.481 e. The summed E-state index contributed by atoms with van der Waals surface area (Å²) in [7, 11) is 1.30. The quantitative estimate of drug-likeness (QED) is 0.778. The van der Waals surface area contributed by atoms with Gasteiger partial charge in [0.1, 0.15) is 5.75 Å². The molecule has 1 heterocycles. The molecule has 0 aromatic carbocycles. The van der Waals surface area contributed by atoms with Crippen molar-refractivity contribution >= 4 is 11.6 Å². The Bertz CT molecular complexity index is 382. The van der Waals surface area contributed by atoms with Gasteiger partial charge in [-0.05, 0) is 6.92 Å². The van der Waals surface area contributed by atoms with Crippen molar-refractivity contribution in [3.8, 4) is 11.6 Å². The Morgan fingerprint density at radius 3 is 2.50 bits per heavy atom. The second-order valence-electron chi connectivity index (χ2n) is 2.92. The summed E-state index contributed by atoms with van der Waals surface area (Å²) in [4.78, 5) is 3.90. The molecule has 0 saturated heterocycles. The van der Waals surface area contributed by atoms with Crippen LogP contribution in [-0.4, -0.2) is 18.5 Å². The SMILES string of the molecule is COc1cc(OC(F)(F)F)c(C)c(CCl)n1. The Morgan fingerprint density at radius 1 is 1.44 bits per heavy atom. The zero-order valence-electron chi connectivity index (χ0n) is 8.56. The molecular weight excluding hydrogens is 247 g/mol. The van der Waals surface area contributed by atoms with Gasteiger partial charge in [-0.1, -0.05) is 0 Å². The van der Waals surface area contributed by atoms with Gasteiger partial charge in [-0.15, -0.1) is 24.8 Å². The van der Waals surface area contributed by atoms with Gasteiger partial charge in [0.05, 0.1) is 18.7 Å². The standard InChI is InChI=1S/C9H9ClF3NO2/c1-5-6(4-10)14-8(15-2)3-7(5)16-9(11,12)13/h3H,4H2,1-2H3. The topological polar surface area (TPSA) is 31.4 Å². The van der Waals surface area contributed by atoms with Gasteiger partial charge >= 0.3 is 6.36 Å². The first-order chi connectivity index (χ1) is 7.37. The number of rotatable bonds is 3. The van der Waals surface area contributed by atoms with Crippen molar-refractivity contribution in [3.05, 3.63) is 17.3 Å². The third-order valence-electron chi connectivity index (χ3n) is 1.86. The molecular formula is C9H9ClF3NO2. The highest BCUT2D eigenvalue weighted by Gasteiger charge is 2.32. The van der Waals surface area contributed by atoms with Crippen molar-refractivity contribution in [2.75, 3.05) is 7.11 Å². The molecule has 0 bridgehead atoms. The summed E-state index contributed by atoms with van der Waals surface area (Å²) in [6, 6.07) is 1.07. The van der Waals surface area contributed by atoms with Crippen LogP contribution in [-0.2, 0) is 5.88 Å². The molecule has 0 amide bonds. The van der Waals surface area contributed by atoms with Crippen LogP contribution >= 0.6 is 11.6 Å². The number of nitrogens with zero attached hydrogens (tertiary/aromatic N) is 1. The van der Waals surface area contributed by atoms with Crippen LogP contribution in [0.5, 0.6) is 11.6 Å². The van der Waals surface area contributed by atoms with Crippen LogP contribution in [0.2, 0.25) is 0 Å². The van der Waals surface area contributed by atoms with E-state index in [1.54, 1.807) is 0 Å². The highest BCUT2D eigenvalue weighted by molar-refractivity contribution is 6.17. The van der Waals surface area contributed by atoms with E-state index in [1.807, 2.05) is 0 Å². The lowest BCUT2D eigenvalue weighted by Crippen LogP contribution is -2.18. The number of alkyl halides is 4. The van der Waals surface area contributed by atoms with E-state index in [1.165, 1.54) is 14.0 Å². The van der Waals surface area contributed by atoms with Crippen molar-refractivity contribution in [1.29, 1.82) is 0 Å². The number of ether oxygens (including phenoxy) is 2. The van der Waals surface area contributed by atoms with E-state index >= 15 is 0 Å². The van der Waals surface area contributed by atoms with E-state index < -0.39 is 6.36 Å². The monoisotopic (exact) mass is 255 g/mol. The Kier molecular flexibility index (Phi) is 3.85. The predicted octanol–water partition coefficient (Wildman–Crippen LogP) is 3.04. The minimum Gasteiger partial charge on any atom is -0.481 e. The predicted molar refractivity (Wildman–Crippen MR) is 51.8 cm³/mol. The van der Waals surface area contributed by atoms with E-state index in [0.717, 1.165) is 6.07 Å². The number of pyridine rings is 1. The molecule has 0 spiro atoms. The van der Waals surface area contributed by atoms with Crippen molar-refractivity contribution in [2.45, 2.75) is 19.2 Å². The Balaban J connectivity index is 3.16. The summed E-state index contributed by atoms with van der Waals surface area (Å²) in [6.45, 7) is 1.45. The molecule has 0 aliphatic heterocycles. The molecule has 0 saturated carbocycles. The zero-order valence-corrected chi connectivity index (χ0v) is 9.32. The normalized spacial score (nSPS) is 11.4. The lowest BCUT2D eigenvalue weighted by molar-refractivity contribution is -0.274. The molecule has 0 atom stereocenters. The van der Waals surface area contributed by atoms with Gasteiger partial charge in [0.2, 0.25) is 5.88 Å². The maximum atomic E-state index is 12.1. The number of hydrogen-bond donors (Lipinski definition) is 0. The fourth-order valence-corrected chi connectivity index (χ4v) is 1.34. The fourth-order valence-electron chi connectivity index (χ4n) is 1.08. The average molecular weight is 256 g/mol. The summed E-state index contributed by atoms with van der Waals surface area (Å²) in [6.07, 6.45) is -4.75. The van der Waals surface area contributed by atoms with Crippen LogP contribution in [0, 0.1) is 6.92 Å². The molecule has 1 aromatic rings. The fraction of sp³-hybridized carbons (Fsp3) is 0.444. The third kappa shape index (κ3) is 3.16. The van der Waals surface area contributed by atoms with Crippen LogP contribution in [0.25, 0.3) is 0 Å². The first-order valence-corrected chi connectivity index (χ1v) is 4.77. The maximum absolute atomic E-state index is 12.1.